The quantitative estimate of drug-likeness (QED) is 0.897. The van der Waals surface area contributed by atoms with Gasteiger partial charge in [0.15, 0.2) is 0 Å². The first-order chi connectivity index (χ1) is 10.4. The van der Waals surface area contributed by atoms with Crippen molar-refractivity contribution in [1.29, 1.82) is 0 Å². The van der Waals surface area contributed by atoms with Crippen LogP contribution in [0.2, 0.25) is 0 Å². The van der Waals surface area contributed by atoms with E-state index in [1.165, 1.54) is 0 Å². The summed E-state index contributed by atoms with van der Waals surface area (Å²) in [6, 6.07) is 5.61. The van der Waals surface area contributed by atoms with Crippen LogP contribution in [-0.2, 0) is 0 Å². The lowest BCUT2D eigenvalue weighted by molar-refractivity contribution is -0.0926. The zero-order valence-electron chi connectivity index (χ0n) is 13.9. The van der Waals surface area contributed by atoms with E-state index in [-0.39, 0.29) is 6.04 Å². The Balaban J connectivity index is 1.96. The number of fused-ring (bicyclic) bond motifs is 1. The van der Waals surface area contributed by atoms with Gasteiger partial charge in [-0.1, -0.05) is 6.07 Å². The highest BCUT2D eigenvalue weighted by Crippen LogP contribution is 2.46. The van der Waals surface area contributed by atoms with Crippen LogP contribution >= 0.6 is 0 Å². The zero-order valence-corrected chi connectivity index (χ0v) is 13.9. The minimum absolute atomic E-state index is 0.0787. The van der Waals surface area contributed by atoms with Crippen molar-refractivity contribution >= 4 is 0 Å². The molecule has 1 N–H and O–H groups in total. The number of nitrogens with zero attached hydrogens (tertiary/aromatic N) is 2. The van der Waals surface area contributed by atoms with Crippen LogP contribution in [0.3, 0.4) is 0 Å². The number of hydrogen-bond donors (Lipinski definition) is 1. The molecular formula is C17H26N2O3. The number of ether oxygens (including phenoxy) is 2. The van der Waals surface area contributed by atoms with Crippen LogP contribution in [0.1, 0.15) is 25.5 Å². The topological polar surface area (TPSA) is 45.2 Å². The lowest BCUT2D eigenvalue weighted by Gasteiger charge is -2.50. The van der Waals surface area contributed by atoms with E-state index in [9.17, 15) is 5.11 Å². The van der Waals surface area contributed by atoms with Crippen LogP contribution in [0.15, 0.2) is 18.2 Å². The van der Waals surface area contributed by atoms with Crippen molar-refractivity contribution in [3.05, 3.63) is 23.8 Å². The summed E-state index contributed by atoms with van der Waals surface area (Å²) in [6.07, 6.45) is -0.613. The summed E-state index contributed by atoms with van der Waals surface area (Å²) in [4.78, 5) is 4.66. The normalized spacial score (nSPS) is 28.8. The third-order valence-corrected chi connectivity index (χ3v) is 4.86. The molecule has 1 aromatic carbocycles. The molecule has 0 bridgehead atoms. The first-order valence-corrected chi connectivity index (χ1v) is 7.90. The van der Waals surface area contributed by atoms with E-state index in [1.54, 1.807) is 7.11 Å². The first-order valence-electron chi connectivity index (χ1n) is 7.90. The van der Waals surface area contributed by atoms with Gasteiger partial charge in [-0.3, -0.25) is 4.90 Å². The predicted molar refractivity (Wildman–Crippen MR) is 85.5 cm³/mol. The second-order valence-electron chi connectivity index (χ2n) is 6.81. The van der Waals surface area contributed by atoms with Crippen LogP contribution in [-0.4, -0.2) is 66.9 Å². The Morgan fingerprint density at radius 3 is 2.55 bits per heavy atom. The molecule has 5 nitrogen and oxygen atoms in total. The maximum Gasteiger partial charge on any atom is 0.129 e. The lowest BCUT2D eigenvalue weighted by Crippen LogP contribution is -2.61. The summed E-state index contributed by atoms with van der Waals surface area (Å²) in [5.41, 5.74) is 0.322. The SMILES string of the molecule is COc1cccc2c1C(O)C(N1CCN(C)CC1)C(C)(C)O2. The average molecular weight is 306 g/mol. The van der Waals surface area contributed by atoms with Crippen LogP contribution < -0.4 is 9.47 Å². The highest BCUT2D eigenvalue weighted by molar-refractivity contribution is 5.49. The van der Waals surface area contributed by atoms with Crippen LogP contribution in [0.25, 0.3) is 0 Å². The summed E-state index contributed by atoms with van der Waals surface area (Å²) < 4.78 is 11.7. The molecule has 2 heterocycles. The van der Waals surface area contributed by atoms with Gasteiger partial charge in [0, 0.05) is 26.2 Å². The second-order valence-corrected chi connectivity index (χ2v) is 6.81. The Morgan fingerprint density at radius 1 is 1.23 bits per heavy atom. The molecule has 0 aromatic heterocycles. The molecule has 2 aliphatic heterocycles. The minimum atomic E-state index is -0.613. The third-order valence-electron chi connectivity index (χ3n) is 4.86. The Hall–Kier alpha value is -1.30. The molecule has 3 rings (SSSR count). The summed E-state index contributed by atoms with van der Waals surface area (Å²) in [7, 11) is 3.77. The Morgan fingerprint density at radius 2 is 1.91 bits per heavy atom. The number of likely N-dealkylation sites (N-methyl/N-ethyl adjacent to an activating group) is 1. The standard InChI is InChI=1S/C17H26N2O3/c1-17(2)16(19-10-8-18(3)9-11-19)15(20)14-12(21-4)6-5-7-13(14)22-17/h5-7,15-16,20H,8-11H2,1-4H3. The molecular weight excluding hydrogens is 280 g/mol. The van der Waals surface area contributed by atoms with Gasteiger partial charge in [0.2, 0.25) is 0 Å². The molecule has 22 heavy (non-hydrogen) atoms. The molecule has 2 aliphatic rings. The molecule has 1 saturated heterocycles. The number of rotatable bonds is 2. The molecule has 0 amide bonds. The number of aliphatic hydroxyl groups is 1. The fourth-order valence-corrected chi connectivity index (χ4v) is 3.70. The van der Waals surface area contributed by atoms with Crippen molar-refractivity contribution in [2.24, 2.45) is 0 Å². The monoisotopic (exact) mass is 306 g/mol. The van der Waals surface area contributed by atoms with Crippen LogP contribution in [0.5, 0.6) is 11.5 Å². The van der Waals surface area contributed by atoms with Gasteiger partial charge in [0.25, 0.3) is 0 Å². The highest BCUT2D eigenvalue weighted by Gasteiger charge is 2.47. The first kappa shape index (κ1) is 15.6. The van der Waals surface area contributed by atoms with Crippen molar-refractivity contribution in [1.82, 2.24) is 9.80 Å². The third kappa shape index (κ3) is 2.57. The zero-order chi connectivity index (χ0) is 15.9. The number of hydrogen-bond acceptors (Lipinski definition) is 5. The maximum atomic E-state index is 11.1. The van der Waals surface area contributed by atoms with Gasteiger partial charge < -0.3 is 19.5 Å². The van der Waals surface area contributed by atoms with E-state index >= 15 is 0 Å². The van der Waals surface area contributed by atoms with Crippen LogP contribution in [0.4, 0.5) is 0 Å². The predicted octanol–water partition coefficient (Wildman–Crippen LogP) is 1.52. The molecule has 122 valence electrons. The fourth-order valence-electron chi connectivity index (χ4n) is 3.70. The van der Waals surface area contributed by atoms with Crippen molar-refractivity contribution in [2.45, 2.75) is 31.6 Å². The number of methoxy groups -OCH3 is 1. The number of aliphatic hydroxyl groups excluding tert-OH is 1. The van der Waals surface area contributed by atoms with Gasteiger partial charge >= 0.3 is 0 Å². The van der Waals surface area contributed by atoms with Crippen molar-refractivity contribution in [3.8, 4) is 11.5 Å². The summed E-state index contributed by atoms with van der Waals surface area (Å²) in [5, 5.41) is 11.1. The van der Waals surface area contributed by atoms with Gasteiger partial charge in [-0.2, -0.15) is 0 Å². The van der Waals surface area contributed by atoms with Gasteiger partial charge in [-0.05, 0) is 33.0 Å². The van der Waals surface area contributed by atoms with Crippen molar-refractivity contribution < 1.29 is 14.6 Å². The van der Waals surface area contributed by atoms with Gasteiger partial charge in [0.05, 0.1) is 18.7 Å². The smallest absolute Gasteiger partial charge is 0.129 e. The molecule has 2 atom stereocenters. The second kappa shape index (κ2) is 5.72. The van der Waals surface area contributed by atoms with Gasteiger partial charge in [0.1, 0.15) is 23.2 Å². The Bertz CT molecular complexity index is 539. The molecule has 5 heteroatoms. The van der Waals surface area contributed by atoms with E-state index in [2.05, 4.69) is 30.7 Å². The lowest BCUT2D eigenvalue weighted by atomic mass is 9.84. The summed E-state index contributed by atoms with van der Waals surface area (Å²) >= 11 is 0. The minimum Gasteiger partial charge on any atom is -0.496 e. The molecule has 0 aliphatic carbocycles. The van der Waals surface area contributed by atoms with Crippen molar-refractivity contribution in [3.63, 3.8) is 0 Å². The van der Waals surface area contributed by atoms with Gasteiger partial charge in [-0.15, -0.1) is 0 Å². The van der Waals surface area contributed by atoms with Gasteiger partial charge in [-0.25, -0.2) is 0 Å². The Kier molecular flexibility index (Phi) is 4.05. The van der Waals surface area contributed by atoms with E-state index in [0.717, 1.165) is 37.5 Å². The molecule has 0 radical (unpaired) electrons. The molecule has 2 unspecified atom stereocenters. The van der Waals surface area contributed by atoms with Crippen LogP contribution in [0, 0.1) is 0 Å². The maximum absolute atomic E-state index is 11.1. The fraction of sp³-hybridized carbons (Fsp3) is 0.647. The van der Waals surface area contributed by atoms with E-state index in [1.807, 2.05) is 18.2 Å². The Labute approximate surface area is 132 Å². The van der Waals surface area contributed by atoms with E-state index in [0.29, 0.717) is 5.75 Å². The molecule has 0 saturated carbocycles. The molecule has 1 aromatic rings. The molecule has 1 fully saturated rings. The average Bonchev–Trinajstić information content (AvgIpc) is 2.47. The highest BCUT2D eigenvalue weighted by atomic mass is 16.5. The van der Waals surface area contributed by atoms with E-state index in [4.69, 9.17) is 9.47 Å². The largest absolute Gasteiger partial charge is 0.496 e. The summed E-state index contributed by atoms with van der Waals surface area (Å²) in [6.45, 7) is 8.02. The van der Waals surface area contributed by atoms with E-state index < -0.39 is 11.7 Å². The molecule has 0 spiro atoms. The number of benzene rings is 1. The summed E-state index contributed by atoms with van der Waals surface area (Å²) in [5.74, 6) is 1.42. The number of piperazine rings is 1. The van der Waals surface area contributed by atoms with Crippen molar-refractivity contribution in [2.75, 3.05) is 40.3 Å².